The molecule has 1 spiro atoms. The highest BCUT2D eigenvalue weighted by Gasteiger charge is 2.44. The topological polar surface area (TPSA) is 3.24 Å². The van der Waals surface area contributed by atoms with E-state index in [0.717, 1.165) is 5.92 Å². The summed E-state index contributed by atoms with van der Waals surface area (Å²) in [5.41, 5.74) is 3.78. The van der Waals surface area contributed by atoms with Gasteiger partial charge in [-0.25, -0.2) is 0 Å². The molecule has 2 unspecified atom stereocenters. The van der Waals surface area contributed by atoms with E-state index in [1.807, 2.05) is 0 Å². The van der Waals surface area contributed by atoms with Crippen LogP contribution in [0.25, 0.3) is 0 Å². The van der Waals surface area contributed by atoms with E-state index in [9.17, 15) is 0 Å². The van der Waals surface area contributed by atoms with E-state index in [0.29, 0.717) is 5.41 Å². The summed E-state index contributed by atoms with van der Waals surface area (Å²) in [6.07, 6.45) is 4.02. The molecule has 3 rings (SSSR count). The van der Waals surface area contributed by atoms with Crippen LogP contribution in [-0.2, 0) is 11.8 Å². The molecule has 0 N–H and O–H groups in total. The first-order valence-corrected chi connectivity index (χ1v) is 6.49. The Hall–Kier alpha value is -0.820. The lowest BCUT2D eigenvalue weighted by atomic mass is 9.67. The summed E-state index contributed by atoms with van der Waals surface area (Å²) >= 11 is 0. The van der Waals surface area contributed by atoms with Crippen LogP contribution in [0.3, 0.4) is 0 Å². The molecule has 1 saturated heterocycles. The zero-order chi connectivity index (χ0) is 11.2. The second kappa shape index (κ2) is 3.59. The van der Waals surface area contributed by atoms with E-state index in [4.69, 9.17) is 0 Å². The maximum absolute atomic E-state index is 2.48. The molecule has 2 aliphatic rings. The monoisotopic (exact) mass is 215 g/mol. The maximum Gasteiger partial charge on any atom is 0.00125 e. The number of aryl methyl sites for hydroxylation is 1. The molecular formula is C15H21N. The first-order valence-electron chi connectivity index (χ1n) is 6.49. The number of likely N-dealkylation sites (tertiary alicyclic amines) is 1. The first kappa shape index (κ1) is 10.3. The normalized spacial score (nSPS) is 34.2. The molecule has 86 valence electrons. The Balaban J connectivity index is 2.01. The molecule has 0 bridgehead atoms. The number of piperidine rings is 1. The van der Waals surface area contributed by atoms with Gasteiger partial charge >= 0.3 is 0 Å². The molecule has 0 aromatic heterocycles. The molecule has 1 nitrogen and oxygen atoms in total. The highest BCUT2D eigenvalue weighted by molar-refractivity contribution is 5.40. The van der Waals surface area contributed by atoms with Crippen molar-refractivity contribution in [2.24, 2.45) is 5.92 Å². The number of benzene rings is 1. The van der Waals surface area contributed by atoms with Crippen molar-refractivity contribution in [1.82, 2.24) is 4.90 Å². The molecule has 1 heterocycles. The molecule has 1 aliphatic heterocycles. The van der Waals surface area contributed by atoms with Crippen LogP contribution in [0.15, 0.2) is 24.3 Å². The van der Waals surface area contributed by atoms with E-state index >= 15 is 0 Å². The third-order valence-corrected chi connectivity index (χ3v) is 4.86. The Morgan fingerprint density at radius 3 is 2.88 bits per heavy atom. The van der Waals surface area contributed by atoms with Gasteiger partial charge in [-0.1, -0.05) is 31.2 Å². The van der Waals surface area contributed by atoms with Crippen molar-refractivity contribution in [3.8, 4) is 0 Å². The van der Waals surface area contributed by atoms with Crippen molar-refractivity contribution >= 4 is 0 Å². The molecule has 0 saturated carbocycles. The van der Waals surface area contributed by atoms with E-state index in [1.54, 1.807) is 11.1 Å². The number of hydrogen-bond donors (Lipinski definition) is 0. The lowest BCUT2D eigenvalue weighted by Gasteiger charge is -2.44. The van der Waals surface area contributed by atoms with Gasteiger partial charge in [0.15, 0.2) is 0 Å². The Bertz CT molecular complexity index is 398. The minimum atomic E-state index is 0.503. The SMILES string of the molecule is CC1CN(C)CCC12CCc1ccccc12. The Labute approximate surface area is 98.5 Å². The van der Waals surface area contributed by atoms with E-state index in [1.165, 1.54) is 32.4 Å². The van der Waals surface area contributed by atoms with E-state index in [2.05, 4.69) is 43.1 Å². The Morgan fingerprint density at radius 1 is 1.25 bits per heavy atom. The molecule has 1 aromatic rings. The minimum Gasteiger partial charge on any atom is -0.306 e. The minimum absolute atomic E-state index is 0.503. The Morgan fingerprint density at radius 2 is 2.06 bits per heavy atom. The van der Waals surface area contributed by atoms with E-state index in [-0.39, 0.29) is 0 Å². The molecule has 1 heteroatoms. The summed E-state index contributed by atoms with van der Waals surface area (Å²) in [5.74, 6) is 0.801. The largest absolute Gasteiger partial charge is 0.306 e. The predicted molar refractivity (Wildman–Crippen MR) is 67.7 cm³/mol. The number of hydrogen-bond acceptors (Lipinski definition) is 1. The van der Waals surface area contributed by atoms with Gasteiger partial charge in [0.05, 0.1) is 0 Å². The summed E-state index contributed by atoms with van der Waals surface area (Å²) in [6, 6.07) is 9.12. The van der Waals surface area contributed by atoms with Gasteiger partial charge in [0.25, 0.3) is 0 Å². The van der Waals surface area contributed by atoms with Crippen molar-refractivity contribution in [2.45, 2.75) is 31.6 Å². The molecule has 1 aliphatic carbocycles. The van der Waals surface area contributed by atoms with E-state index < -0.39 is 0 Å². The van der Waals surface area contributed by atoms with Crippen molar-refractivity contribution in [2.75, 3.05) is 20.1 Å². The van der Waals surface area contributed by atoms with Gasteiger partial charge in [-0.3, -0.25) is 0 Å². The smallest absolute Gasteiger partial charge is 0.00125 e. The molecular weight excluding hydrogens is 194 g/mol. The average Bonchev–Trinajstić information content (AvgIpc) is 2.65. The highest BCUT2D eigenvalue weighted by Crippen LogP contribution is 2.48. The first-order chi connectivity index (χ1) is 7.72. The average molecular weight is 215 g/mol. The van der Waals surface area contributed by atoms with Gasteiger partial charge in [-0.15, -0.1) is 0 Å². The molecule has 2 atom stereocenters. The summed E-state index contributed by atoms with van der Waals surface area (Å²) in [4.78, 5) is 2.48. The van der Waals surface area contributed by atoms with Crippen LogP contribution in [0.5, 0.6) is 0 Å². The third-order valence-electron chi connectivity index (χ3n) is 4.86. The summed E-state index contributed by atoms with van der Waals surface area (Å²) in [5, 5.41) is 0. The second-order valence-corrected chi connectivity index (χ2v) is 5.73. The van der Waals surface area contributed by atoms with Crippen LogP contribution < -0.4 is 0 Å². The maximum atomic E-state index is 2.48. The standard InChI is InChI=1S/C15H21N/c1-12-11-16(2)10-9-15(12)8-7-13-5-3-4-6-14(13)15/h3-6,12H,7-11H2,1-2H3. The van der Waals surface area contributed by atoms with Crippen molar-refractivity contribution in [1.29, 1.82) is 0 Å². The highest BCUT2D eigenvalue weighted by atomic mass is 15.1. The fourth-order valence-electron chi connectivity index (χ4n) is 3.86. The van der Waals surface area contributed by atoms with Gasteiger partial charge < -0.3 is 4.90 Å². The molecule has 0 radical (unpaired) electrons. The summed E-state index contributed by atoms with van der Waals surface area (Å²) in [7, 11) is 2.25. The van der Waals surface area contributed by atoms with Crippen molar-refractivity contribution < 1.29 is 0 Å². The lowest BCUT2D eigenvalue weighted by Crippen LogP contribution is -2.46. The fraction of sp³-hybridized carbons (Fsp3) is 0.600. The zero-order valence-corrected chi connectivity index (χ0v) is 10.4. The quantitative estimate of drug-likeness (QED) is 0.643. The van der Waals surface area contributed by atoms with Crippen molar-refractivity contribution in [3.05, 3.63) is 35.4 Å². The van der Waals surface area contributed by atoms with Gasteiger partial charge in [-0.05, 0) is 49.9 Å². The summed E-state index contributed by atoms with van der Waals surface area (Å²) < 4.78 is 0. The molecule has 1 aromatic carbocycles. The van der Waals surface area contributed by atoms with Crippen LogP contribution in [0.2, 0.25) is 0 Å². The van der Waals surface area contributed by atoms with Crippen LogP contribution >= 0.6 is 0 Å². The number of rotatable bonds is 0. The van der Waals surface area contributed by atoms with Gasteiger partial charge in [0.2, 0.25) is 0 Å². The lowest BCUT2D eigenvalue weighted by molar-refractivity contribution is 0.121. The third kappa shape index (κ3) is 1.34. The fourth-order valence-corrected chi connectivity index (χ4v) is 3.86. The van der Waals surface area contributed by atoms with Crippen LogP contribution in [0.1, 0.15) is 30.9 Å². The number of fused-ring (bicyclic) bond motifs is 2. The molecule has 0 amide bonds. The van der Waals surface area contributed by atoms with Gasteiger partial charge in [-0.2, -0.15) is 0 Å². The molecule has 1 fully saturated rings. The van der Waals surface area contributed by atoms with Crippen molar-refractivity contribution in [3.63, 3.8) is 0 Å². The van der Waals surface area contributed by atoms with Crippen LogP contribution in [0.4, 0.5) is 0 Å². The number of nitrogens with zero attached hydrogens (tertiary/aromatic N) is 1. The second-order valence-electron chi connectivity index (χ2n) is 5.73. The molecule has 16 heavy (non-hydrogen) atoms. The Kier molecular flexibility index (Phi) is 2.32. The van der Waals surface area contributed by atoms with Gasteiger partial charge in [0.1, 0.15) is 0 Å². The predicted octanol–water partition coefficient (Wildman–Crippen LogP) is 2.84. The summed E-state index contributed by atoms with van der Waals surface area (Å²) in [6.45, 7) is 4.96. The van der Waals surface area contributed by atoms with Crippen LogP contribution in [0, 0.1) is 5.92 Å². The zero-order valence-electron chi connectivity index (χ0n) is 10.4. The van der Waals surface area contributed by atoms with Gasteiger partial charge in [0, 0.05) is 12.0 Å². The van der Waals surface area contributed by atoms with Crippen LogP contribution in [-0.4, -0.2) is 25.0 Å².